The van der Waals surface area contributed by atoms with E-state index in [0.29, 0.717) is 23.3 Å². The van der Waals surface area contributed by atoms with E-state index in [1.54, 1.807) is 29.5 Å². The van der Waals surface area contributed by atoms with Crippen molar-refractivity contribution in [3.8, 4) is 0 Å². The number of nitrogens with one attached hydrogen (secondary N) is 1. The predicted molar refractivity (Wildman–Crippen MR) is 120 cm³/mol. The smallest absolute Gasteiger partial charge is 0.258 e. The Labute approximate surface area is 183 Å². The Kier molecular flexibility index (Phi) is 5.36. The Morgan fingerprint density at radius 1 is 1.13 bits per heavy atom. The topological polar surface area (TPSA) is 75.3 Å². The summed E-state index contributed by atoms with van der Waals surface area (Å²) in [7, 11) is 0. The van der Waals surface area contributed by atoms with Gasteiger partial charge in [0.25, 0.3) is 5.56 Å². The van der Waals surface area contributed by atoms with Crippen LogP contribution in [-0.4, -0.2) is 33.9 Å². The van der Waals surface area contributed by atoms with E-state index >= 15 is 0 Å². The number of fused-ring (bicyclic) bond motifs is 2. The SMILES string of the molecule is O=C(COCc1nc2ccccc2c(=O)[nH]1)N1CCc2sccc2[C@@H]1c1ccccc1. The second kappa shape index (κ2) is 8.45. The van der Waals surface area contributed by atoms with Gasteiger partial charge in [0.2, 0.25) is 5.91 Å². The van der Waals surface area contributed by atoms with Crippen molar-refractivity contribution in [3.05, 3.63) is 98.2 Å². The average Bonchev–Trinajstić information content (AvgIpc) is 3.28. The van der Waals surface area contributed by atoms with Crippen molar-refractivity contribution in [1.29, 1.82) is 0 Å². The first-order valence-electron chi connectivity index (χ1n) is 10.2. The van der Waals surface area contributed by atoms with E-state index in [2.05, 4.69) is 33.5 Å². The number of aromatic nitrogens is 2. The minimum absolute atomic E-state index is 0.0688. The second-order valence-electron chi connectivity index (χ2n) is 7.47. The van der Waals surface area contributed by atoms with Gasteiger partial charge in [0.15, 0.2) is 0 Å². The number of thiophene rings is 1. The quantitative estimate of drug-likeness (QED) is 0.523. The molecule has 7 heteroatoms. The Morgan fingerprint density at radius 3 is 2.81 bits per heavy atom. The van der Waals surface area contributed by atoms with Crippen LogP contribution in [-0.2, 0) is 22.6 Å². The van der Waals surface area contributed by atoms with Crippen LogP contribution in [0.3, 0.4) is 0 Å². The molecule has 0 bridgehead atoms. The lowest BCUT2D eigenvalue weighted by atomic mass is 9.93. The number of hydrogen-bond donors (Lipinski definition) is 1. The summed E-state index contributed by atoms with van der Waals surface area (Å²) in [5.41, 5.74) is 2.69. The number of aromatic amines is 1. The second-order valence-corrected chi connectivity index (χ2v) is 8.47. The monoisotopic (exact) mass is 431 g/mol. The van der Waals surface area contributed by atoms with Crippen LogP contribution in [0.25, 0.3) is 10.9 Å². The van der Waals surface area contributed by atoms with Gasteiger partial charge in [-0.15, -0.1) is 11.3 Å². The first-order valence-corrected chi connectivity index (χ1v) is 11.0. The summed E-state index contributed by atoms with van der Waals surface area (Å²) < 4.78 is 5.67. The largest absolute Gasteiger partial charge is 0.364 e. The lowest BCUT2D eigenvalue weighted by Gasteiger charge is -2.36. The molecular formula is C24H21N3O3S. The molecule has 156 valence electrons. The van der Waals surface area contributed by atoms with E-state index in [4.69, 9.17) is 4.74 Å². The zero-order valence-corrected chi connectivity index (χ0v) is 17.6. The van der Waals surface area contributed by atoms with Crippen LogP contribution in [0, 0.1) is 0 Å². The third-order valence-electron chi connectivity index (χ3n) is 5.53. The number of H-pyrrole nitrogens is 1. The Morgan fingerprint density at radius 2 is 1.94 bits per heavy atom. The van der Waals surface area contributed by atoms with Gasteiger partial charge >= 0.3 is 0 Å². The maximum Gasteiger partial charge on any atom is 0.258 e. The molecule has 0 radical (unpaired) electrons. The van der Waals surface area contributed by atoms with Crippen molar-refractivity contribution >= 4 is 28.1 Å². The van der Waals surface area contributed by atoms with E-state index in [0.717, 1.165) is 12.0 Å². The van der Waals surface area contributed by atoms with Crippen molar-refractivity contribution in [1.82, 2.24) is 14.9 Å². The molecular weight excluding hydrogens is 410 g/mol. The number of carbonyl (C=O) groups is 1. The van der Waals surface area contributed by atoms with Crippen molar-refractivity contribution in [2.45, 2.75) is 19.1 Å². The molecule has 31 heavy (non-hydrogen) atoms. The average molecular weight is 432 g/mol. The van der Waals surface area contributed by atoms with Crippen LogP contribution >= 0.6 is 11.3 Å². The predicted octanol–water partition coefficient (Wildman–Crippen LogP) is 3.68. The van der Waals surface area contributed by atoms with Crippen LogP contribution in [0.5, 0.6) is 0 Å². The fourth-order valence-electron chi connectivity index (χ4n) is 4.10. The van der Waals surface area contributed by atoms with Gasteiger partial charge in [-0.25, -0.2) is 4.98 Å². The number of nitrogens with zero attached hydrogens (tertiary/aromatic N) is 2. The number of para-hydroxylation sites is 1. The van der Waals surface area contributed by atoms with Gasteiger partial charge in [-0.05, 0) is 41.1 Å². The zero-order valence-electron chi connectivity index (χ0n) is 16.8. The van der Waals surface area contributed by atoms with Crippen LogP contribution in [0.2, 0.25) is 0 Å². The molecule has 2 aromatic carbocycles. The number of benzene rings is 2. The molecule has 5 rings (SSSR count). The molecule has 0 fully saturated rings. The highest BCUT2D eigenvalue weighted by Gasteiger charge is 2.32. The van der Waals surface area contributed by atoms with Gasteiger partial charge in [0.1, 0.15) is 19.0 Å². The number of rotatable bonds is 5. The maximum atomic E-state index is 13.1. The number of ether oxygens (including phenoxy) is 1. The molecule has 0 spiro atoms. The van der Waals surface area contributed by atoms with E-state index in [-0.39, 0.29) is 30.7 Å². The molecule has 0 saturated carbocycles. The number of hydrogen-bond acceptors (Lipinski definition) is 5. The standard InChI is InChI=1S/C24H21N3O3S/c28-22(15-30-14-21-25-19-9-5-4-8-17(19)24(29)26-21)27-12-10-20-18(11-13-31-20)23(27)16-6-2-1-3-7-16/h1-9,11,13,23H,10,12,14-15H2,(H,25,26,29)/t23-/m0/s1. The van der Waals surface area contributed by atoms with Gasteiger partial charge in [0, 0.05) is 11.4 Å². The van der Waals surface area contributed by atoms with Crippen molar-refractivity contribution < 1.29 is 9.53 Å². The fourth-order valence-corrected chi connectivity index (χ4v) is 5.00. The number of carbonyl (C=O) groups excluding carboxylic acids is 1. The molecule has 1 aliphatic rings. The van der Waals surface area contributed by atoms with Gasteiger partial charge in [-0.3, -0.25) is 9.59 Å². The molecule has 1 N–H and O–H groups in total. The minimum atomic E-state index is -0.208. The normalized spacial score (nSPS) is 15.7. The van der Waals surface area contributed by atoms with Crippen LogP contribution in [0.15, 0.2) is 70.8 Å². The fraction of sp³-hybridized carbons (Fsp3) is 0.208. The van der Waals surface area contributed by atoms with Gasteiger partial charge < -0.3 is 14.6 Å². The first-order chi connectivity index (χ1) is 15.2. The van der Waals surface area contributed by atoms with E-state index in [1.807, 2.05) is 29.2 Å². The highest BCUT2D eigenvalue weighted by atomic mass is 32.1. The summed E-state index contributed by atoms with van der Waals surface area (Å²) in [5, 5.41) is 2.63. The summed E-state index contributed by atoms with van der Waals surface area (Å²) >= 11 is 1.74. The van der Waals surface area contributed by atoms with Crippen molar-refractivity contribution in [2.75, 3.05) is 13.2 Å². The van der Waals surface area contributed by atoms with E-state index in [9.17, 15) is 9.59 Å². The van der Waals surface area contributed by atoms with Crippen molar-refractivity contribution in [3.63, 3.8) is 0 Å². The molecule has 2 aromatic heterocycles. The molecule has 4 aromatic rings. The highest BCUT2D eigenvalue weighted by molar-refractivity contribution is 7.10. The molecule has 1 amide bonds. The van der Waals surface area contributed by atoms with Crippen LogP contribution in [0.4, 0.5) is 0 Å². The van der Waals surface area contributed by atoms with Crippen LogP contribution in [0.1, 0.15) is 27.9 Å². The van der Waals surface area contributed by atoms with Gasteiger partial charge in [0.05, 0.1) is 16.9 Å². The molecule has 3 heterocycles. The summed E-state index contributed by atoms with van der Waals surface area (Å²) in [6.45, 7) is 0.652. The van der Waals surface area contributed by atoms with Crippen molar-refractivity contribution in [2.24, 2.45) is 0 Å². The molecule has 1 atom stereocenters. The first kappa shape index (κ1) is 19.7. The molecule has 0 saturated heterocycles. The highest BCUT2D eigenvalue weighted by Crippen LogP contribution is 2.37. The minimum Gasteiger partial charge on any atom is -0.364 e. The Hall–Kier alpha value is -3.29. The Bertz CT molecular complexity index is 1280. The Balaban J connectivity index is 1.31. The summed E-state index contributed by atoms with van der Waals surface area (Å²) in [5.74, 6) is 0.337. The number of amides is 1. The van der Waals surface area contributed by atoms with Crippen LogP contribution < -0.4 is 5.56 Å². The van der Waals surface area contributed by atoms with E-state index < -0.39 is 0 Å². The lowest BCUT2D eigenvalue weighted by Crippen LogP contribution is -2.42. The van der Waals surface area contributed by atoms with E-state index in [1.165, 1.54) is 10.4 Å². The third-order valence-corrected chi connectivity index (χ3v) is 6.52. The van der Waals surface area contributed by atoms with Gasteiger partial charge in [-0.2, -0.15) is 0 Å². The maximum absolute atomic E-state index is 13.1. The molecule has 1 aliphatic heterocycles. The van der Waals surface area contributed by atoms with Gasteiger partial charge in [-0.1, -0.05) is 42.5 Å². The zero-order chi connectivity index (χ0) is 21.2. The molecule has 0 aliphatic carbocycles. The summed E-state index contributed by atoms with van der Waals surface area (Å²) in [6.07, 6.45) is 0.849. The molecule has 6 nitrogen and oxygen atoms in total. The lowest BCUT2D eigenvalue weighted by molar-refractivity contribution is -0.138. The summed E-state index contributed by atoms with van der Waals surface area (Å²) in [6, 6.07) is 19.2. The third kappa shape index (κ3) is 3.89. The molecule has 0 unspecified atom stereocenters. The summed E-state index contributed by atoms with van der Waals surface area (Å²) in [4.78, 5) is 35.7.